The lowest BCUT2D eigenvalue weighted by molar-refractivity contribution is -0.133. The molecule has 0 fully saturated rings. The molecule has 134 valence electrons. The Bertz CT molecular complexity index is 739. The zero-order chi connectivity index (χ0) is 18.4. The van der Waals surface area contributed by atoms with Gasteiger partial charge in [0.2, 0.25) is 5.91 Å². The predicted octanol–water partition coefficient (Wildman–Crippen LogP) is 3.51. The van der Waals surface area contributed by atoms with Gasteiger partial charge in [0.25, 0.3) is 0 Å². The molecule has 2 N–H and O–H groups in total. The highest BCUT2D eigenvalue weighted by Crippen LogP contribution is 2.36. The van der Waals surface area contributed by atoms with E-state index in [0.717, 1.165) is 18.4 Å². The minimum Gasteiger partial charge on any atom is -0.493 e. The summed E-state index contributed by atoms with van der Waals surface area (Å²) in [6.45, 7) is 0. The molecule has 1 aromatic rings. The van der Waals surface area contributed by atoms with Gasteiger partial charge in [0.15, 0.2) is 11.5 Å². The van der Waals surface area contributed by atoms with Crippen molar-refractivity contribution in [2.45, 2.75) is 25.7 Å². The molecule has 25 heavy (non-hydrogen) atoms. The van der Waals surface area contributed by atoms with E-state index in [1.165, 1.54) is 13.2 Å². The lowest BCUT2D eigenvalue weighted by Crippen LogP contribution is -2.25. The van der Waals surface area contributed by atoms with Gasteiger partial charge in [-0.05, 0) is 65.4 Å². The molecule has 1 aromatic carbocycles. The fraction of sp³-hybridized carbons (Fsp3) is 0.333. The minimum atomic E-state index is -0.970. The molecule has 0 spiro atoms. The Balaban J connectivity index is 2.15. The summed E-state index contributed by atoms with van der Waals surface area (Å²) in [5.41, 5.74) is 1.54. The van der Waals surface area contributed by atoms with Gasteiger partial charge in [-0.1, -0.05) is 0 Å². The van der Waals surface area contributed by atoms with Gasteiger partial charge >= 0.3 is 5.97 Å². The lowest BCUT2D eigenvalue weighted by atomic mass is 9.96. The number of hydrogen-bond acceptors (Lipinski definition) is 4. The lowest BCUT2D eigenvalue weighted by Gasteiger charge is -2.17. The van der Waals surface area contributed by atoms with E-state index in [1.54, 1.807) is 25.3 Å². The number of carbonyl (C=O) groups excluding carboxylic acids is 1. The molecule has 2 rings (SSSR count). The van der Waals surface area contributed by atoms with E-state index in [2.05, 4.69) is 21.2 Å². The van der Waals surface area contributed by atoms with Gasteiger partial charge in [-0.25, -0.2) is 4.79 Å². The normalized spacial score (nSPS) is 14.5. The fourth-order valence-corrected chi connectivity index (χ4v) is 3.30. The molecule has 1 aliphatic carbocycles. The zero-order valence-corrected chi connectivity index (χ0v) is 15.7. The van der Waals surface area contributed by atoms with Crippen LogP contribution >= 0.6 is 15.9 Å². The molecule has 0 saturated carbocycles. The quantitative estimate of drug-likeness (QED) is 0.702. The third-order valence-electron chi connectivity index (χ3n) is 3.88. The largest absolute Gasteiger partial charge is 0.493 e. The number of nitrogens with one attached hydrogen (secondary N) is 1. The summed E-state index contributed by atoms with van der Waals surface area (Å²) in [7, 11) is 3.08. The number of amides is 1. The van der Waals surface area contributed by atoms with Crippen molar-refractivity contribution in [2.75, 3.05) is 14.2 Å². The number of rotatable bonds is 6. The Labute approximate surface area is 154 Å². The number of carbonyl (C=O) groups is 2. The molecule has 1 amide bonds. The van der Waals surface area contributed by atoms with E-state index >= 15 is 0 Å². The van der Waals surface area contributed by atoms with Crippen LogP contribution in [0.4, 0.5) is 0 Å². The van der Waals surface area contributed by atoms with Gasteiger partial charge in [-0.3, -0.25) is 4.79 Å². The van der Waals surface area contributed by atoms with Crippen LogP contribution in [0.3, 0.4) is 0 Å². The van der Waals surface area contributed by atoms with Crippen LogP contribution in [0.2, 0.25) is 0 Å². The second-order valence-corrected chi connectivity index (χ2v) is 6.38. The number of carboxylic acid groups (broad SMARTS) is 1. The van der Waals surface area contributed by atoms with E-state index in [9.17, 15) is 14.7 Å². The van der Waals surface area contributed by atoms with Crippen LogP contribution in [0.5, 0.6) is 11.5 Å². The van der Waals surface area contributed by atoms with Crippen LogP contribution in [-0.4, -0.2) is 31.2 Å². The van der Waals surface area contributed by atoms with Crippen LogP contribution in [-0.2, 0) is 9.59 Å². The second kappa shape index (κ2) is 8.71. The van der Waals surface area contributed by atoms with E-state index < -0.39 is 5.97 Å². The summed E-state index contributed by atoms with van der Waals surface area (Å²) >= 11 is 3.40. The molecule has 0 unspecified atom stereocenters. The third-order valence-corrected chi connectivity index (χ3v) is 4.47. The Hall–Kier alpha value is -2.28. The first-order chi connectivity index (χ1) is 12.0. The van der Waals surface area contributed by atoms with Crippen molar-refractivity contribution in [1.82, 2.24) is 5.32 Å². The predicted molar refractivity (Wildman–Crippen MR) is 97.6 cm³/mol. The molecular weight excluding hydrogens is 390 g/mol. The smallest absolute Gasteiger partial charge is 0.333 e. The number of aliphatic carboxylic acids is 1. The van der Waals surface area contributed by atoms with Crippen LogP contribution in [0.25, 0.3) is 6.08 Å². The summed E-state index contributed by atoms with van der Waals surface area (Å²) in [5.74, 6) is -0.216. The summed E-state index contributed by atoms with van der Waals surface area (Å²) in [6.07, 6.45) is 5.76. The van der Waals surface area contributed by atoms with Gasteiger partial charge in [0.05, 0.1) is 24.3 Å². The molecule has 0 atom stereocenters. The van der Waals surface area contributed by atoms with Crippen LogP contribution < -0.4 is 14.8 Å². The maximum Gasteiger partial charge on any atom is 0.333 e. The van der Waals surface area contributed by atoms with Crippen molar-refractivity contribution in [2.24, 2.45) is 0 Å². The van der Waals surface area contributed by atoms with Gasteiger partial charge in [-0.2, -0.15) is 0 Å². The Kier molecular flexibility index (Phi) is 6.64. The zero-order valence-electron chi connectivity index (χ0n) is 14.1. The molecule has 0 radical (unpaired) electrons. The SMILES string of the molecule is COc1cc(/C=C/C(=O)NC2=C(C(=O)O)CCCC2)cc(Br)c1OC. The minimum absolute atomic E-state index is 0.293. The number of ether oxygens (including phenoxy) is 2. The summed E-state index contributed by atoms with van der Waals surface area (Å²) in [6, 6.07) is 3.55. The van der Waals surface area contributed by atoms with Crippen LogP contribution in [0.15, 0.2) is 34.0 Å². The van der Waals surface area contributed by atoms with E-state index in [1.807, 2.05) is 0 Å². The summed E-state index contributed by atoms with van der Waals surface area (Å²) < 4.78 is 11.2. The monoisotopic (exact) mass is 409 g/mol. The van der Waals surface area contributed by atoms with Crippen LogP contribution in [0.1, 0.15) is 31.2 Å². The van der Waals surface area contributed by atoms with Crippen molar-refractivity contribution >= 4 is 33.9 Å². The number of benzene rings is 1. The summed E-state index contributed by atoms with van der Waals surface area (Å²) in [5, 5.41) is 11.9. The molecule has 6 nitrogen and oxygen atoms in total. The van der Waals surface area contributed by atoms with E-state index in [0.29, 0.717) is 40.1 Å². The number of hydrogen-bond donors (Lipinski definition) is 2. The Morgan fingerprint density at radius 3 is 2.56 bits per heavy atom. The maximum absolute atomic E-state index is 12.1. The molecule has 0 heterocycles. The van der Waals surface area contributed by atoms with Gasteiger partial charge in [0, 0.05) is 11.8 Å². The number of halogens is 1. The third kappa shape index (κ3) is 4.85. The van der Waals surface area contributed by atoms with Gasteiger partial charge in [-0.15, -0.1) is 0 Å². The second-order valence-electron chi connectivity index (χ2n) is 5.53. The average Bonchev–Trinajstić information content (AvgIpc) is 2.59. The molecule has 0 aliphatic heterocycles. The van der Waals surface area contributed by atoms with E-state index in [4.69, 9.17) is 9.47 Å². The highest BCUT2D eigenvalue weighted by Gasteiger charge is 2.19. The van der Waals surface area contributed by atoms with Gasteiger partial charge in [0.1, 0.15) is 0 Å². The van der Waals surface area contributed by atoms with Crippen molar-refractivity contribution in [3.05, 3.63) is 39.5 Å². The fourth-order valence-electron chi connectivity index (χ4n) is 2.68. The van der Waals surface area contributed by atoms with Crippen molar-refractivity contribution < 1.29 is 24.2 Å². The molecular formula is C18H20BrNO5. The number of allylic oxidation sites excluding steroid dienone is 1. The molecule has 0 saturated heterocycles. The highest BCUT2D eigenvalue weighted by atomic mass is 79.9. The molecule has 0 bridgehead atoms. The Morgan fingerprint density at radius 2 is 1.92 bits per heavy atom. The first kappa shape index (κ1) is 19.1. The maximum atomic E-state index is 12.1. The molecule has 7 heteroatoms. The summed E-state index contributed by atoms with van der Waals surface area (Å²) in [4.78, 5) is 23.4. The van der Waals surface area contributed by atoms with Crippen molar-refractivity contribution in [3.8, 4) is 11.5 Å². The topological polar surface area (TPSA) is 84.9 Å². The number of carboxylic acids is 1. The highest BCUT2D eigenvalue weighted by molar-refractivity contribution is 9.10. The molecule has 0 aromatic heterocycles. The molecule has 1 aliphatic rings. The number of methoxy groups -OCH3 is 2. The first-order valence-corrected chi connectivity index (χ1v) is 8.61. The van der Waals surface area contributed by atoms with Crippen LogP contribution in [0, 0.1) is 0 Å². The average molecular weight is 410 g/mol. The first-order valence-electron chi connectivity index (χ1n) is 7.82. The van der Waals surface area contributed by atoms with Crippen molar-refractivity contribution in [1.29, 1.82) is 0 Å². The van der Waals surface area contributed by atoms with Gasteiger partial charge < -0.3 is 19.9 Å². The van der Waals surface area contributed by atoms with Crippen molar-refractivity contribution in [3.63, 3.8) is 0 Å². The standard InChI is InChI=1S/C18H20BrNO5/c1-24-15-10-11(9-13(19)17(15)25-2)7-8-16(21)20-14-6-4-3-5-12(14)18(22)23/h7-10H,3-6H2,1-2H3,(H,20,21)(H,22,23)/b8-7+. The Morgan fingerprint density at radius 1 is 1.20 bits per heavy atom. The van der Waals surface area contributed by atoms with E-state index in [-0.39, 0.29) is 5.91 Å².